The van der Waals surface area contributed by atoms with Gasteiger partial charge in [-0.3, -0.25) is 4.79 Å². The number of rotatable bonds is 4. The van der Waals surface area contributed by atoms with Crippen molar-refractivity contribution in [3.63, 3.8) is 0 Å². The van der Waals surface area contributed by atoms with E-state index in [-0.39, 0.29) is 16.6 Å². The second-order valence-corrected chi connectivity index (χ2v) is 8.47. The summed E-state index contributed by atoms with van der Waals surface area (Å²) < 4.78 is 0.952. The Labute approximate surface area is 193 Å². The van der Waals surface area contributed by atoms with E-state index in [2.05, 4.69) is 15.0 Å². The number of carbonyl (C=O) groups excluding carboxylic acids is 1. The van der Waals surface area contributed by atoms with Gasteiger partial charge in [0.1, 0.15) is 5.69 Å². The zero-order valence-corrected chi connectivity index (χ0v) is 18.3. The first kappa shape index (κ1) is 21.1. The van der Waals surface area contributed by atoms with E-state index >= 15 is 0 Å². The second kappa shape index (κ2) is 8.29. The van der Waals surface area contributed by atoms with Crippen LogP contribution < -0.4 is 20.7 Å². The number of piperidine rings is 1. The highest BCUT2D eigenvalue weighted by Gasteiger charge is 2.15. The summed E-state index contributed by atoms with van der Waals surface area (Å²) in [6.45, 7) is 2.08. The van der Waals surface area contributed by atoms with Crippen LogP contribution in [0.3, 0.4) is 0 Å². The van der Waals surface area contributed by atoms with Crippen LogP contribution in [0.15, 0.2) is 53.6 Å². The third kappa shape index (κ3) is 3.82. The number of nitrogens with one attached hydrogen (secondary N) is 1. The molecule has 1 aliphatic rings. The lowest BCUT2D eigenvalue weighted by Gasteiger charge is -2.29. The summed E-state index contributed by atoms with van der Waals surface area (Å²) in [7, 11) is 0. The van der Waals surface area contributed by atoms with E-state index in [0.717, 1.165) is 41.4 Å². The van der Waals surface area contributed by atoms with Gasteiger partial charge in [0, 0.05) is 41.6 Å². The third-order valence-electron chi connectivity index (χ3n) is 5.98. The zero-order valence-electron chi connectivity index (χ0n) is 17.5. The Morgan fingerprint density at radius 2 is 1.82 bits per heavy atom. The van der Waals surface area contributed by atoms with Gasteiger partial charge in [-0.05, 0) is 54.5 Å². The van der Waals surface area contributed by atoms with Crippen molar-refractivity contribution in [3.05, 3.63) is 69.7 Å². The van der Waals surface area contributed by atoms with Crippen molar-refractivity contribution < 1.29 is 15.0 Å². The fraction of sp³-hybridized carbons (Fsp3) is 0.208. The predicted octanol–water partition coefficient (Wildman–Crippen LogP) is 2.46. The van der Waals surface area contributed by atoms with Gasteiger partial charge in [-0.1, -0.05) is 29.5 Å². The van der Waals surface area contributed by atoms with Crippen LogP contribution in [0.1, 0.15) is 29.6 Å². The molecule has 1 aliphatic heterocycles. The van der Waals surface area contributed by atoms with E-state index in [9.17, 15) is 19.8 Å². The van der Waals surface area contributed by atoms with Crippen LogP contribution in [0.25, 0.3) is 27.7 Å². The van der Waals surface area contributed by atoms with Crippen molar-refractivity contribution in [3.8, 4) is 22.6 Å². The average molecular weight is 463 g/mol. The molecule has 0 bridgehead atoms. The van der Waals surface area contributed by atoms with Crippen LogP contribution in [0, 0.1) is 0 Å². The number of halogens is 1. The smallest absolute Gasteiger partial charge is 0.273 e. The molecule has 9 heteroatoms. The monoisotopic (exact) mass is 462 g/mol. The fourth-order valence-electron chi connectivity index (χ4n) is 4.26. The number of carboxylic acid groups (broad SMARTS) is 1. The van der Waals surface area contributed by atoms with Crippen molar-refractivity contribution in [1.29, 1.82) is 0 Å². The van der Waals surface area contributed by atoms with Crippen molar-refractivity contribution in [1.82, 2.24) is 14.8 Å². The molecule has 0 radical (unpaired) electrons. The maximum Gasteiger partial charge on any atom is 0.273 e. The topological polar surface area (TPSA) is 117 Å². The summed E-state index contributed by atoms with van der Waals surface area (Å²) in [4.78, 5) is 28.6. The Hall–Kier alpha value is -3.78. The summed E-state index contributed by atoms with van der Waals surface area (Å²) in [6, 6.07) is 11.2. The molecule has 1 fully saturated rings. The highest BCUT2D eigenvalue weighted by molar-refractivity contribution is 6.34. The van der Waals surface area contributed by atoms with Gasteiger partial charge in [-0.2, -0.15) is 5.10 Å². The van der Waals surface area contributed by atoms with Gasteiger partial charge in [0.25, 0.3) is 5.56 Å². The molecule has 1 N–H and O–H groups in total. The van der Waals surface area contributed by atoms with E-state index in [1.165, 1.54) is 19.3 Å². The van der Waals surface area contributed by atoms with E-state index in [0.29, 0.717) is 16.1 Å². The SMILES string of the molecule is O=C([O-])c1cnn(-c2c([O-])c3cc(-c4ccc(N5CCCCC5)cc4)c(Cl)cc3[nH]c2=O)c1. The van der Waals surface area contributed by atoms with E-state index in [1.807, 2.05) is 24.3 Å². The molecule has 0 atom stereocenters. The largest absolute Gasteiger partial charge is 0.870 e. The standard InChI is InChI=1S/C24H21ClN4O4/c25-19-11-20-18(22(30)21(23(31)27-20)29-13-15(12-26-29)24(32)33)10-17(19)14-4-6-16(7-5-14)28-8-2-1-3-9-28/h4-7,10-13H,1-3,8-9H2,(H,32,33)(H2,27,30,31)/p-2. The zero-order chi connectivity index (χ0) is 23.1. The van der Waals surface area contributed by atoms with Gasteiger partial charge in [0.2, 0.25) is 0 Å². The van der Waals surface area contributed by atoms with Crippen molar-refractivity contribution in [2.45, 2.75) is 19.3 Å². The molecule has 168 valence electrons. The Balaban J connectivity index is 1.58. The van der Waals surface area contributed by atoms with Gasteiger partial charge in [0.15, 0.2) is 0 Å². The van der Waals surface area contributed by atoms with E-state index < -0.39 is 17.3 Å². The number of aromatic nitrogens is 3. The summed E-state index contributed by atoms with van der Waals surface area (Å²) in [6.07, 6.45) is 5.73. The van der Waals surface area contributed by atoms with Crippen LogP contribution >= 0.6 is 11.6 Å². The summed E-state index contributed by atoms with van der Waals surface area (Å²) >= 11 is 6.50. The van der Waals surface area contributed by atoms with Gasteiger partial charge in [-0.15, -0.1) is 0 Å². The molecule has 0 unspecified atom stereocenters. The minimum atomic E-state index is -1.45. The van der Waals surface area contributed by atoms with Crippen LogP contribution in [-0.4, -0.2) is 33.8 Å². The van der Waals surface area contributed by atoms with E-state index in [4.69, 9.17) is 11.6 Å². The van der Waals surface area contributed by atoms with Crippen molar-refractivity contribution in [2.75, 3.05) is 18.0 Å². The van der Waals surface area contributed by atoms with Crippen LogP contribution in [0.5, 0.6) is 5.75 Å². The molecule has 0 amide bonds. The Morgan fingerprint density at radius 1 is 1.09 bits per heavy atom. The number of anilines is 1. The van der Waals surface area contributed by atoms with Crippen LogP contribution in [-0.2, 0) is 0 Å². The minimum Gasteiger partial charge on any atom is -0.870 e. The summed E-state index contributed by atoms with van der Waals surface area (Å²) in [5.41, 5.74) is 1.69. The number of carbonyl (C=O) groups is 1. The van der Waals surface area contributed by atoms with Crippen molar-refractivity contribution >= 4 is 34.2 Å². The molecular weight excluding hydrogens is 444 g/mol. The maximum absolute atomic E-state index is 13.2. The molecule has 2 aromatic heterocycles. The lowest BCUT2D eigenvalue weighted by molar-refractivity contribution is -0.265. The molecule has 0 saturated carbocycles. The molecule has 0 aliphatic carbocycles. The first-order valence-electron chi connectivity index (χ1n) is 10.6. The Kier molecular flexibility index (Phi) is 5.30. The lowest BCUT2D eigenvalue weighted by atomic mass is 10.0. The molecule has 3 heterocycles. The molecule has 8 nitrogen and oxygen atoms in total. The van der Waals surface area contributed by atoms with Gasteiger partial charge >= 0.3 is 0 Å². The predicted molar refractivity (Wildman–Crippen MR) is 122 cm³/mol. The molecular formula is C24H19ClN4O4-2. The summed E-state index contributed by atoms with van der Waals surface area (Å²) in [5.74, 6) is -2.03. The van der Waals surface area contributed by atoms with Crippen molar-refractivity contribution in [2.24, 2.45) is 0 Å². The highest BCUT2D eigenvalue weighted by Crippen LogP contribution is 2.36. The first-order valence-corrected chi connectivity index (χ1v) is 11.0. The van der Waals surface area contributed by atoms with Gasteiger partial charge in [0.05, 0.1) is 17.2 Å². The number of aromatic amines is 1. The van der Waals surface area contributed by atoms with Gasteiger partial charge < -0.3 is 24.9 Å². The summed E-state index contributed by atoms with van der Waals surface area (Å²) in [5, 5.41) is 28.7. The lowest BCUT2D eigenvalue weighted by Crippen LogP contribution is -2.29. The molecule has 2 aromatic carbocycles. The number of aromatic carboxylic acids is 1. The Bertz CT molecular complexity index is 1420. The first-order chi connectivity index (χ1) is 15.9. The number of hydrogen-bond acceptors (Lipinski definition) is 6. The number of hydrogen-bond donors (Lipinski definition) is 1. The third-order valence-corrected chi connectivity index (χ3v) is 6.29. The Morgan fingerprint density at radius 3 is 2.48 bits per heavy atom. The van der Waals surface area contributed by atoms with Gasteiger partial charge in [-0.25, -0.2) is 4.68 Å². The average Bonchev–Trinajstić information content (AvgIpc) is 3.30. The number of carboxylic acids is 1. The quantitative estimate of drug-likeness (QED) is 0.498. The molecule has 1 saturated heterocycles. The second-order valence-electron chi connectivity index (χ2n) is 8.07. The number of pyridine rings is 1. The molecule has 5 rings (SSSR count). The molecule has 4 aromatic rings. The fourth-order valence-corrected chi connectivity index (χ4v) is 4.53. The molecule has 0 spiro atoms. The number of H-pyrrole nitrogens is 1. The number of benzene rings is 2. The maximum atomic E-state index is 13.2. The normalized spacial score (nSPS) is 14.0. The number of nitrogens with zero attached hydrogens (tertiary/aromatic N) is 3. The highest BCUT2D eigenvalue weighted by atomic mass is 35.5. The minimum absolute atomic E-state index is 0.237. The molecule has 33 heavy (non-hydrogen) atoms. The number of fused-ring (bicyclic) bond motifs is 1. The van der Waals surface area contributed by atoms with Crippen LogP contribution in [0.2, 0.25) is 5.02 Å². The van der Waals surface area contributed by atoms with E-state index in [1.54, 1.807) is 12.1 Å². The van der Waals surface area contributed by atoms with Crippen LogP contribution in [0.4, 0.5) is 5.69 Å².